The van der Waals surface area contributed by atoms with E-state index in [1.807, 2.05) is 18.3 Å². The molecular formula is C13H16N4O2. The van der Waals surface area contributed by atoms with Crippen LogP contribution in [0.4, 0.5) is 5.69 Å². The molecule has 1 aliphatic rings. The van der Waals surface area contributed by atoms with Gasteiger partial charge in [0.15, 0.2) is 0 Å². The molecule has 3 heterocycles. The van der Waals surface area contributed by atoms with Crippen LogP contribution in [0.1, 0.15) is 10.4 Å². The second-order valence-electron chi connectivity index (χ2n) is 4.87. The van der Waals surface area contributed by atoms with Gasteiger partial charge >= 0.3 is 5.97 Å². The van der Waals surface area contributed by atoms with Crippen molar-refractivity contribution in [3.8, 4) is 0 Å². The van der Waals surface area contributed by atoms with E-state index in [1.54, 1.807) is 4.52 Å². The van der Waals surface area contributed by atoms with Gasteiger partial charge in [0.1, 0.15) is 5.56 Å². The molecule has 0 bridgehead atoms. The molecule has 1 N–H and O–H groups in total. The third-order valence-electron chi connectivity index (χ3n) is 3.60. The Hall–Kier alpha value is -2.08. The first-order chi connectivity index (χ1) is 9.15. The van der Waals surface area contributed by atoms with Gasteiger partial charge in [0.25, 0.3) is 0 Å². The number of piperazine rings is 1. The minimum Gasteiger partial charge on any atom is -0.478 e. The smallest absolute Gasteiger partial charge is 0.339 e. The van der Waals surface area contributed by atoms with Gasteiger partial charge in [0, 0.05) is 26.2 Å². The molecule has 0 aliphatic carbocycles. The van der Waals surface area contributed by atoms with Gasteiger partial charge in [-0.2, -0.15) is 5.10 Å². The van der Waals surface area contributed by atoms with E-state index in [9.17, 15) is 4.79 Å². The second kappa shape index (κ2) is 4.55. The number of hydrogen-bond donors (Lipinski definition) is 1. The van der Waals surface area contributed by atoms with Crippen molar-refractivity contribution >= 4 is 17.2 Å². The van der Waals surface area contributed by atoms with Crippen LogP contribution in [0.5, 0.6) is 0 Å². The van der Waals surface area contributed by atoms with Crippen LogP contribution in [0.15, 0.2) is 24.5 Å². The lowest BCUT2D eigenvalue weighted by Crippen LogP contribution is -2.44. The standard InChI is InChI=1S/C13H16N4O2/c1-15-4-6-16(7-5-15)10-2-3-12-11(13(18)19)8-14-17(12)9-10/h2-3,8-9H,4-7H2,1H3,(H,18,19). The number of rotatable bonds is 2. The third kappa shape index (κ3) is 2.15. The quantitative estimate of drug-likeness (QED) is 0.864. The van der Waals surface area contributed by atoms with Crippen LogP contribution in [0.3, 0.4) is 0 Å². The van der Waals surface area contributed by atoms with Gasteiger partial charge < -0.3 is 14.9 Å². The maximum atomic E-state index is 11.0. The second-order valence-corrected chi connectivity index (χ2v) is 4.87. The molecule has 0 spiro atoms. The van der Waals surface area contributed by atoms with Crippen molar-refractivity contribution in [1.29, 1.82) is 0 Å². The lowest BCUT2D eigenvalue weighted by atomic mass is 10.2. The van der Waals surface area contributed by atoms with Crippen LogP contribution in [0.25, 0.3) is 5.52 Å². The average molecular weight is 260 g/mol. The summed E-state index contributed by atoms with van der Waals surface area (Å²) < 4.78 is 1.64. The number of nitrogens with zero attached hydrogens (tertiary/aromatic N) is 4. The summed E-state index contributed by atoms with van der Waals surface area (Å²) in [6.07, 6.45) is 3.29. The fourth-order valence-electron chi connectivity index (χ4n) is 2.39. The largest absolute Gasteiger partial charge is 0.478 e. The lowest BCUT2D eigenvalue weighted by molar-refractivity contribution is 0.0699. The summed E-state index contributed by atoms with van der Waals surface area (Å²) in [4.78, 5) is 15.6. The van der Waals surface area contributed by atoms with E-state index in [4.69, 9.17) is 5.11 Å². The molecule has 2 aromatic heterocycles. The predicted molar refractivity (Wildman–Crippen MR) is 71.9 cm³/mol. The van der Waals surface area contributed by atoms with Gasteiger partial charge in [-0.05, 0) is 19.2 Å². The van der Waals surface area contributed by atoms with E-state index < -0.39 is 5.97 Å². The molecule has 0 amide bonds. The van der Waals surface area contributed by atoms with Crippen LogP contribution in [0.2, 0.25) is 0 Å². The molecule has 0 aromatic carbocycles. The Morgan fingerprint density at radius 2 is 2.00 bits per heavy atom. The maximum absolute atomic E-state index is 11.0. The highest BCUT2D eigenvalue weighted by Crippen LogP contribution is 2.19. The summed E-state index contributed by atoms with van der Waals surface area (Å²) in [5, 5.41) is 13.2. The van der Waals surface area contributed by atoms with Gasteiger partial charge in [-0.15, -0.1) is 0 Å². The highest BCUT2D eigenvalue weighted by molar-refractivity contribution is 5.95. The third-order valence-corrected chi connectivity index (χ3v) is 3.60. The molecular weight excluding hydrogens is 244 g/mol. The molecule has 0 radical (unpaired) electrons. The summed E-state index contributed by atoms with van der Waals surface area (Å²) in [5.41, 5.74) is 1.95. The number of hydrogen-bond acceptors (Lipinski definition) is 4. The number of aromatic carboxylic acids is 1. The molecule has 1 fully saturated rings. The van der Waals surface area contributed by atoms with E-state index in [-0.39, 0.29) is 5.56 Å². The van der Waals surface area contributed by atoms with Crippen LogP contribution in [-0.4, -0.2) is 58.8 Å². The zero-order valence-electron chi connectivity index (χ0n) is 10.8. The van der Waals surface area contributed by atoms with Gasteiger partial charge in [-0.3, -0.25) is 0 Å². The van der Waals surface area contributed by atoms with Crippen molar-refractivity contribution in [2.24, 2.45) is 0 Å². The number of carboxylic acid groups (broad SMARTS) is 1. The number of fused-ring (bicyclic) bond motifs is 1. The zero-order valence-corrected chi connectivity index (χ0v) is 10.8. The molecule has 19 heavy (non-hydrogen) atoms. The molecule has 1 aliphatic heterocycles. The Morgan fingerprint density at radius 3 is 2.68 bits per heavy atom. The van der Waals surface area contributed by atoms with Crippen molar-refractivity contribution in [2.45, 2.75) is 0 Å². The van der Waals surface area contributed by atoms with Crippen molar-refractivity contribution in [2.75, 3.05) is 38.1 Å². The van der Waals surface area contributed by atoms with Crippen molar-refractivity contribution in [1.82, 2.24) is 14.5 Å². The maximum Gasteiger partial charge on any atom is 0.339 e. The summed E-state index contributed by atoms with van der Waals surface area (Å²) in [5.74, 6) is -0.942. The fourth-order valence-corrected chi connectivity index (χ4v) is 2.39. The average Bonchev–Trinajstić information content (AvgIpc) is 2.82. The Balaban J connectivity index is 1.92. The van der Waals surface area contributed by atoms with Crippen molar-refractivity contribution in [3.05, 3.63) is 30.1 Å². The molecule has 3 rings (SSSR count). The number of anilines is 1. The Morgan fingerprint density at radius 1 is 1.26 bits per heavy atom. The number of pyridine rings is 1. The van der Waals surface area contributed by atoms with Gasteiger partial charge in [-0.25, -0.2) is 9.31 Å². The normalized spacial score (nSPS) is 17.0. The molecule has 0 unspecified atom stereocenters. The first kappa shape index (κ1) is 12.0. The summed E-state index contributed by atoms with van der Waals surface area (Å²) in [6.45, 7) is 4.04. The van der Waals surface area contributed by atoms with Crippen LogP contribution in [0, 0.1) is 0 Å². The summed E-state index contributed by atoms with van der Waals surface area (Å²) >= 11 is 0. The predicted octanol–water partition coefficient (Wildman–Crippen LogP) is 0.784. The number of carboxylic acids is 1. The van der Waals surface area contributed by atoms with Gasteiger partial charge in [0.2, 0.25) is 0 Å². The molecule has 2 aromatic rings. The van der Waals surface area contributed by atoms with E-state index in [0.29, 0.717) is 5.52 Å². The first-order valence-electron chi connectivity index (χ1n) is 6.29. The number of aromatic nitrogens is 2. The highest BCUT2D eigenvalue weighted by atomic mass is 16.4. The summed E-state index contributed by atoms with van der Waals surface area (Å²) in [6, 6.07) is 3.79. The van der Waals surface area contributed by atoms with E-state index >= 15 is 0 Å². The topological polar surface area (TPSA) is 61.1 Å². The van der Waals surface area contributed by atoms with Gasteiger partial charge in [-0.1, -0.05) is 0 Å². The first-order valence-corrected chi connectivity index (χ1v) is 6.29. The number of carbonyl (C=O) groups is 1. The van der Waals surface area contributed by atoms with E-state index in [2.05, 4.69) is 21.9 Å². The Bertz CT molecular complexity index is 614. The van der Waals surface area contributed by atoms with Gasteiger partial charge in [0.05, 0.1) is 23.6 Å². The lowest BCUT2D eigenvalue weighted by Gasteiger charge is -2.33. The monoisotopic (exact) mass is 260 g/mol. The fraction of sp³-hybridized carbons (Fsp3) is 0.385. The molecule has 0 saturated carbocycles. The van der Waals surface area contributed by atoms with E-state index in [1.165, 1.54) is 6.20 Å². The molecule has 6 nitrogen and oxygen atoms in total. The minimum atomic E-state index is -0.942. The molecule has 1 saturated heterocycles. The Labute approximate surface area is 110 Å². The van der Waals surface area contributed by atoms with E-state index in [0.717, 1.165) is 31.9 Å². The summed E-state index contributed by atoms with van der Waals surface area (Å²) in [7, 11) is 2.12. The molecule has 100 valence electrons. The zero-order chi connectivity index (χ0) is 13.4. The minimum absolute atomic E-state index is 0.241. The number of likely N-dealkylation sites (N-methyl/N-ethyl adjacent to an activating group) is 1. The highest BCUT2D eigenvalue weighted by Gasteiger charge is 2.16. The van der Waals surface area contributed by atoms with Crippen LogP contribution >= 0.6 is 0 Å². The van der Waals surface area contributed by atoms with Crippen molar-refractivity contribution in [3.63, 3.8) is 0 Å². The van der Waals surface area contributed by atoms with Crippen LogP contribution < -0.4 is 4.90 Å². The van der Waals surface area contributed by atoms with Crippen molar-refractivity contribution < 1.29 is 9.90 Å². The molecule has 0 atom stereocenters. The SMILES string of the molecule is CN1CCN(c2ccc3c(C(=O)O)cnn3c2)CC1. The Kier molecular flexibility index (Phi) is 2.87. The van der Waals surface area contributed by atoms with Crippen LogP contribution in [-0.2, 0) is 0 Å². The molecule has 6 heteroatoms.